The van der Waals surface area contributed by atoms with E-state index in [0.29, 0.717) is 24.8 Å². The fraction of sp³-hybridized carbons (Fsp3) is 0.130. The second kappa shape index (κ2) is 9.92. The van der Waals surface area contributed by atoms with Crippen molar-refractivity contribution < 1.29 is 14.3 Å². The molecule has 0 saturated heterocycles. The summed E-state index contributed by atoms with van der Waals surface area (Å²) in [5, 5.41) is 2.76. The Kier molecular flexibility index (Phi) is 6.79. The van der Waals surface area contributed by atoms with Crippen LogP contribution in [0.2, 0.25) is 0 Å². The van der Waals surface area contributed by atoms with Gasteiger partial charge in [-0.2, -0.15) is 0 Å². The molecule has 0 aliphatic heterocycles. The number of aromatic nitrogens is 1. The Balaban J connectivity index is 1.60. The van der Waals surface area contributed by atoms with E-state index in [1.165, 1.54) is 6.08 Å². The summed E-state index contributed by atoms with van der Waals surface area (Å²) < 4.78 is 11.2. The summed E-state index contributed by atoms with van der Waals surface area (Å²) in [5.41, 5.74) is 1.94. The van der Waals surface area contributed by atoms with E-state index in [2.05, 4.69) is 10.3 Å². The van der Waals surface area contributed by atoms with Crippen molar-refractivity contribution in [3.05, 3.63) is 90.1 Å². The number of ether oxygens (including phenoxy) is 2. The van der Waals surface area contributed by atoms with Gasteiger partial charge in [0.1, 0.15) is 12.4 Å². The van der Waals surface area contributed by atoms with Crippen molar-refractivity contribution in [1.29, 1.82) is 0 Å². The molecule has 0 atom stereocenters. The molecule has 1 amide bonds. The first kappa shape index (κ1) is 19.2. The van der Waals surface area contributed by atoms with Gasteiger partial charge in [-0.25, -0.2) is 4.98 Å². The highest BCUT2D eigenvalue weighted by Gasteiger charge is 2.07. The fourth-order valence-electron chi connectivity index (χ4n) is 2.51. The average molecular weight is 374 g/mol. The maximum Gasteiger partial charge on any atom is 0.249 e. The van der Waals surface area contributed by atoms with E-state index in [0.717, 1.165) is 16.9 Å². The van der Waals surface area contributed by atoms with Crippen LogP contribution in [0.3, 0.4) is 0 Å². The van der Waals surface area contributed by atoms with Gasteiger partial charge in [-0.1, -0.05) is 42.5 Å². The zero-order chi connectivity index (χ0) is 19.6. The molecule has 1 heterocycles. The second-order valence-corrected chi connectivity index (χ2v) is 5.95. The Bertz CT molecular complexity index is 922. The molecule has 142 valence electrons. The molecule has 28 heavy (non-hydrogen) atoms. The van der Waals surface area contributed by atoms with Gasteiger partial charge >= 0.3 is 0 Å². The average Bonchev–Trinajstić information content (AvgIpc) is 2.74. The first-order chi connectivity index (χ1) is 13.7. The quantitative estimate of drug-likeness (QED) is 0.580. The van der Waals surface area contributed by atoms with Crippen LogP contribution in [0.15, 0.2) is 79.0 Å². The number of nitrogens with zero attached hydrogens (tertiary/aromatic N) is 1. The van der Waals surface area contributed by atoms with Gasteiger partial charge < -0.3 is 14.8 Å². The molecular formula is C23H22N2O3. The van der Waals surface area contributed by atoms with Crippen LogP contribution in [0.4, 0.5) is 5.82 Å². The molecule has 2 aromatic carbocycles. The first-order valence-electron chi connectivity index (χ1n) is 9.08. The van der Waals surface area contributed by atoms with Crippen LogP contribution in [-0.2, 0) is 11.4 Å². The number of carbonyl (C=O) groups is 1. The van der Waals surface area contributed by atoms with E-state index < -0.39 is 0 Å². The lowest BCUT2D eigenvalue weighted by atomic mass is 10.2. The van der Waals surface area contributed by atoms with Gasteiger partial charge in [-0.15, -0.1) is 0 Å². The van der Waals surface area contributed by atoms with E-state index >= 15 is 0 Å². The molecule has 0 saturated carbocycles. The molecular weight excluding hydrogens is 352 g/mol. The van der Waals surface area contributed by atoms with Crippen molar-refractivity contribution in [2.45, 2.75) is 13.5 Å². The minimum Gasteiger partial charge on any atom is -0.494 e. The third-order valence-corrected chi connectivity index (χ3v) is 3.87. The van der Waals surface area contributed by atoms with Crippen LogP contribution < -0.4 is 14.8 Å². The molecule has 0 spiro atoms. The van der Waals surface area contributed by atoms with Crippen LogP contribution in [-0.4, -0.2) is 17.5 Å². The molecule has 0 fully saturated rings. The van der Waals surface area contributed by atoms with Crippen molar-refractivity contribution in [1.82, 2.24) is 4.98 Å². The molecule has 0 aliphatic carbocycles. The maximum atomic E-state index is 12.3. The Morgan fingerprint density at radius 2 is 1.79 bits per heavy atom. The SMILES string of the molecule is CCOc1ccc(/C=C/C(=O)Nc2ncccc2OCc2ccccc2)cc1. The van der Waals surface area contributed by atoms with Gasteiger partial charge in [0.15, 0.2) is 11.6 Å². The molecule has 1 aromatic heterocycles. The van der Waals surface area contributed by atoms with E-state index in [1.54, 1.807) is 24.4 Å². The normalized spacial score (nSPS) is 10.6. The van der Waals surface area contributed by atoms with Gasteiger partial charge in [-0.05, 0) is 48.4 Å². The molecule has 3 aromatic rings. The van der Waals surface area contributed by atoms with Crippen molar-refractivity contribution in [2.75, 3.05) is 11.9 Å². The van der Waals surface area contributed by atoms with E-state index in [4.69, 9.17) is 9.47 Å². The predicted molar refractivity (Wildman–Crippen MR) is 110 cm³/mol. The zero-order valence-electron chi connectivity index (χ0n) is 15.7. The molecule has 3 rings (SSSR count). The summed E-state index contributed by atoms with van der Waals surface area (Å²) in [6.45, 7) is 2.96. The lowest BCUT2D eigenvalue weighted by Gasteiger charge is -2.10. The number of nitrogens with one attached hydrogen (secondary N) is 1. The van der Waals surface area contributed by atoms with E-state index in [9.17, 15) is 4.79 Å². The van der Waals surface area contributed by atoms with Crippen molar-refractivity contribution >= 4 is 17.8 Å². The summed E-state index contributed by atoms with van der Waals surface area (Å²) in [6, 6.07) is 20.9. The molecule has 0 bridgehead atoms. The molecule has 0 unspecified atom stereocenters. The molecule has 0 aliphatic rings. The number of pyridine rings is 1. The van der Waals surface area contributed by atoms with Crippen LogP contribution in [0.5, 0.6) is 11.5 Å². The third kappa shape index (κ3) is 5.71. The first-order valence-corrected chi connectivity index (χ1v) is 9.08. The van der Waals surface area contributed by atoms with Gasteiger partial charge in [0, 0.05) is 12.3 Å². The monoisotopic (exact) mass is 374 g/mol. The largest absolute Gasteiger partial charge is 0.494 e. The van der Waals surface area contributed by atoms with Crippen molar-refractivity contribution in [3.63, 3.8) is 0 Å². The molecule has 1 N–H and O–H groups in total. The standard InChI is InChI=1S/C23H22N2O3/c1-2-27-20-13-10-18(11-14-20)12-15-22(26)25-23-21(9-6-16-24-23)28-17-19-7-4-3-5-8-19/h3-16H,2,17H2,1H3,(H,24,25,26)/b15-12+. The number of hydrogen-bond acceptors (Lipinski definition) is 4. The van der Waals surface area contributed by atoms with Crippen molar-refractivity contribution in [2.24, 2.45) is 0 Å². The lowest BCUT2D eigenvalue weighted by Crippen LogP contribution is -2.11. The van der Waals surface area contributed by atoms with Crippen LogP contribution in [0.1, 0.15) is 18.1 Å². The van der Waals surface area contributed by atoms with E-state index in [1.807, 2.05) is 61.5 Å². The van der Waals surface area contributed by atoms with Crippen molar-refractivity contribution in [3.8, 4) is 11.5 Å². The van der Waals surface area contributed by atoms with Gasteiger partial charge in [0.2, 0.25) is 5.91 Å². The maximum absolute atomic E-state index is 12.3. The summed E-state index contributed by atoms with van der Waals surface area (Å²) in [4.78, 5) is 16.5. The Morgan fingerprint density at radius 3 is 2.54 bits per heavy atom. The van der Waals surface area contributed by atoms with Gasteiger partial charge in [0.05, 0.1) is 6.61 Å². The number of anilines is 1. The summed E-state index contributed by atoms with van der Waals surface area (Å²) in [5.74, 6) is 1.43. The fourth-order valence-corrected chi connectivity index (χ4v) is 2.51. The number of amides is 1. The summed E-state index contributed by atoms with van der Waals surface area (Å²) >= 11 is 0. The lowest BCUT2D eigenvalue weighted by molar-refractivity contribution is -0.111. The Hall–Kier alpha value is -3.60. The number of benzene rings is 2. The Labute approximate surface area is 164 Å². The minimum atomic E-state index is -0.280. The molecule has 5 heteroatoms. The number of rotatable bonds is 8. The van der Waals surface area contributed by atoms with Crippen LogP contribution in [0, 0.1) is 0 Å². The zero-order valence-corrected chi connectivity index (χ0v) is 15.7. The number of carbonyl (C=O) groups excluding carboxylic acids is 1. The van der Waals surface area contributed by atoms with Crippen LogP contribution in [0.25, 0.3) is 6.08 Å². The van der Waals surface area contributed by atoms with Gasteiger partial charge in [0.25, 0.3) is 0 Å². The smallest absolute Gasteiger partial charge is 0.249 e. The highest BCUT2D eigenvalue weighted by atomic mass is 16.5. The van der Waals surface area contributed by atoms with E-state index in [-0.39, 0.29) is 5.91 Å². The topological polar surface area (TPSA) is 60.5 Å². The summed E-state index contributed by atoms with van der Waals surface area (Å²) in [6.07, 6.45) is 4.81. The summed E-state index contributed by atoms with van der Waals surface area (Å²) in [7, 11) is 0. The van der Waals surface area contributed by atoms with Gasteiger partial charge in [-0.3, -0.25) is 4.79 Å². The molecule has 0 radical (unpaired) electrons. The number of hydrogen-bond donors (Lipinski definition) is 1. The second-order valence-electron chi connectivity index (χ2n) is 5.95. The Morgan fingerprint density at radius 1 is 1.00 bits per heavy atom. The predicted octanol–water partition coefficient (Wildman–Crippen LogP) is 4.71. The van der Waals surface area contributed by atoms with Crippen LogP contribution >= 0.6 is 0 Å². The highest BCUT2D eigenvalue weighted by Crippen LogP contribution is 2.22. The molecule has 5 nitrogen and oxygen atoms in total. The minimum absolute atomic E-state index is 0.280. The highest BCUT2D eigenvalue weighted by molar-refractivity contribution is 6.02. The third-order valence-electron chi connectivity index (χ3n) is 3.87.